The van der Waals surface area contributed by atoms with Crippen molar-refractivity contribution in [3.8, 4) is 11.1 Å². The molecule has 186 valence electrons. The third-order valence-corrected chi connectivity index (χ3v) is 7.57. The maximum Gasteiger partial charge on any atom is 0.407 e. The van der Waals surface area contributed by atoms with E-state index in [9.17, 15) is 19.5 Å². The average molecular weight is 479 g/mol. The fourth-order valence-corrected chi connectivity index (χ4v) is 5.46. The number of rotatable bonds is 9. The lowest BCUT2D eigenvalue weighted by molar-refractivity contribution is -0.143. The molecule has 1 saturated carbocycles. The number of amides is 2. The van der Waals surface area contributed by atoms with E-state index in [1.807, 2.05) is 31.2 Å². The van der Waals surface area contributed by atoms with E-state index in [1.54, 1.807) is 6.92 Å². The second-order valence-electron chi connectivity index (χ2n) is 9.88. The van der Waals surface area contributed by atoms with Gasteiger partial charge in [-0.3, -0.25) is 4.79 Å². The molecule has 2 atom stereocenters. The summed E-state index contributed by atoms with van der Waals surface area (Å²) < 4.78 is 5.71. The lowest BCUT2D eigenvalue weighted by Gasteiger charge is -2.30. The van der Waals surface area contributed by atoms with Crippen LogP contribution in [0.25, 0.3) is 11.1 Å². The highest BCUT2D eigenvalue weighted by Crippen LogP contribution is 2.44. The van der Waals surface area contributed by atoms with Gasteiger partial charge in [0.05, 0.1) is 5.54 Å². The molecule has 0 heterocycles. The smallest absolute Gasteiger partial charge is 0.407 e. The molecule has 4 rings (SSSR count). The van der Waals surface area contributed by atoms with Crippen LogP contribution in [0, 0.1) is 5.92 Å². The first-order chi connectivity index (χ1) is 16.8. The zero-order chi connectivity index (χ0) is 25.0. The van der Waals surface area contributed by atoms with E-state index in [2.05, 4.69) is 34.9 Å². The van der Waals surface area contributed by atoms with Gasteiger partial charge in [0.15, 0.2) is 0 Å². The zero-order valence-electron chi connectivity index (χ0n) is 20.4. The Hall–Kier alpha value is -3.35. The van der Waals surface area contributed by atoms with Crippen molar-refractivity contribution in [2.24, 2.45) is 5.92 Å². The van der Waals surface area contributed by atoms with E-state index in [1.165, 1.54) is 0 Å². The van der Waals surface area contributed by atoms with Crippen molar-refractivity contribution in [1.82, 2.24) is 10.6 Å². The lowest BCUT2D eigenvalue weighted by atomic mass is 9.92. The van der Waals surface area contributed by atoms with Crippen molar-refractivity contribution in [1.29, 1.82) is 0 Å². The lowest BCUT2D eigenvalue weighted by Crippen LogP contribution is -2.52. The SMILES string of the molecule is CC[C@H](C)[C@H](NC(=O)CC1(NC(=O)OCC2c3ccccc3-c3ccccc32)CCCC1)C(=O)O. The van der Waals surface area contributed by atoms with Crippen LogP contribution < -0.4 is 10.6 Å². The number of carboxylic acid groups (broad SMARTS) is 1. The van der Waals surface area contributed by atoms with Gasteiger partial charge in [0, 0.05) is 12.3 Å². The van der Waals surface area contributed by atoms with Crippen molar-refractivity contribution in [2.45, 2.75) is 69.9 Å². The number of hydrogen-bond donors (Lipinski definition) is 3. The molecule has 0 bridgehead atoms. The molecule has 3 N–H and O–H groups in total. The Kier molecular flexibility index (Phi) is 7.43. The summed E-state index contributed by atoms with van der Waals surface area (Å²) in [6.07, 6.45) is 3.24. The van der Waals surface area contributed by atoms with Gasteiger partial charge in [-0.05, 0) is 41.0 Å². The number of carboxylic acids is 1. The fourth-order valence-electron chi connectivity index (χ4n) is 5.46. The number of carbonyl (C=O) groups is 3. The number of carbonyl (C=O) groups excluding carboxylic acids is 2. The van der Waals surface area contributed by atoms with E-state index >= 15 is 0 Å². The minimum atomic E-state index is -1.04. The Labute approximate surface area is 206 Å². The summed E-state index contributed by atoms with van der Waals surface area (Å²) in [5.41, 5.74) is 3.89. The van der Waals surface area contributed by atoms with Crippen LogP contribution in [0.5, 0.6) is 0 Å². The number of benzene rings is 2. The molecule has 0 spiro atoms. The minimum absolute atomic E-state index is 0.0390. The van der Waals surface area contributed by atoms with Crippen molar-refractivity contribution >= 4 is 18.0 Å². The minimum Gasteiger partial charge on any atom is -0.480 e. The second kappa shape index (κ2) is 10.5. The van der Waals surface area contributed by atoms with Crippen molar-refractivity contribution in [2.75, 3.05) is 6.61 Å². The van der Waals surface area contributed by atoms with Gasteiger partial charge in [0.1, 0.15) is 12.6 Å². The van der Waals surface area contributed by atoms with E-state index < -0.39 is 23.6 Å². The van der Waals surface area contributed by atoms with Crippen LogP contribution >= 0.6 is 0 Å². The zero-order valence-corrected chi connectivity index (χ0v) is 20.4. The molecule has 2 amide bonds. The summed E-state index contributed by atoms with van der Waals surface area (Å²) in [7, 11) is 0. The summed E-state index contributed by atoms with van der Waals surface area (Å²) in [5, 5.41) is 15.1. The summed E-state index contributed by atoms with van der Waals surface area (Å²) in [4.78, 5) is 37.3. The van der Waals surface area contributed by atoms with E-state index in [0.717, 1.165) is 35.1 Å². The number of aliphatic carboxylic acids is 1. The first-order valence-electron chi connectivity index (χ1n) is 12.5. The highest BCUT2D eigenvalue weighted by Gasteiger charge is 2.39. The van der Waals surface area contributed by atoms with Crippen molar-refractivity contribution in [3.63, 3.8) is 0 Å². The molecule has 0 unspecified atom stereocenters. The van der Waals surface area contributed by atoms with Crippen LogP contribution in [0.3, 0.4) is 0 Å². The first kappa shape index (κ1) is 24.8. The molecular formula is C28H34N2O5. The Balaban J connectivity index is 1.40. The second-order valence-corrected chi connectivity index (χ2v) is 9.88. The maximum absolute atomic E-state index is 12.9. The normalized spacial score (nSPS) is 17.7. The molecule has 2 aliphatic rings. The molecule has 1 fully saturated rings. The largest absolute Gasteiger partial charge is 0.480 e. The van der Waals surface area contributed by atoms with Gasteiger partial charge < -0.3 is 20.5 Å². The number of ether oxygens (including phenoxy) is 1. The highest BCUT2D eigenvalue weighted by molar-refractivity contribution is 5.85. The van der Waals surface area contributed by atoms with Gasteiger partial charge in [0.25, 0.3) is 0 Å². The van der Waals surface area contributed by atoms with Gasteiger partial charge in [-0.25, -0.2) is 9.59 Å². The third-order valence-electron chi connectivity index (χ3n) is 7.57. The van der Waals surface area contributed by atoms with Gasteiger partial charge in [-0.1, -0.05) is 81.6 Å². The molecule has 0 saturated heterocycles. The van der Waals surface area contributed by atoms with Crippen LogP contribution in [0.2, 0.25) is 0 Å². The topological polar surface area (TPSA) is 105 Å². The third kappa shape index (κ3) is 5.34. The molecule has 2 aromatic carbocycles. The summed E-state index contributed by atoms with van der Waals surface area (Å²) in [6, 6.07) is 15.4. The Morgan fingerprint density at radius 2 is 1.60 bits per heavy atom. The molecule has 7 heteroatoms. The molecule has 0 aliphatic heterocycles. The Morgan fingerprint density at radius 1 is 1.03 bits per heavy atom. The maximum atomic E-state index is 12.9. The molecule has 7 nitrogen and oxygen atoms in total. The van der Waals surface area contributed by atoms with E-state index in [0.29, 0.717) is 19.3 Å². The average Bonchev–Trinajstić information content (AvgIpc) is 3.43. The van der Waals surface area contributed by atoms with Gasteiger partial charge >= 0.3 is 12.1 Å². The first-order valence-corrected chi connectivity index (χ1v) is 12.5. The highest BCUT2D eigenvalue weighted by atomic mass is 16.5. The predicted octanol–water partition coefficient (Wildman–Crippen LogP) is 4.84. The van der Waals surface area contributed by atoms with Crippen LogP contribution in [0.1, 0.15) is 69.4 Å². The standard InChI is InChI=1S/C28H34N2O5/c1-3-18(2)25(26(32)33)29-24(31)16-28(14-8-9-15-28)30-27(34)35-17-23-21-12-6-4-10-19(21)20-11-5-7-13-22(20)23/h4-7,10-13,18,23,25H,3,8-9,14-17H2,1-2H3,(H,29,31)(H,30,34)(H,32,33)/t18-,25-/m0/s1. The van der Waals surface area contributed by atoms with Crippen LogP contribution in [0.15, 0.2) is 48.5 Å². The number of alkyl carbamates (subject to hydrolysis) is 1. The van der Waals surface area contributed by atoms with Crippen LogP contribution in [0.4, 0.5) is 4.79 Å². The number of hydrogen-bond acceptors (Lipinski definition) is 4. The van der Waals surface area contributed by atoms with Gasteiger partial charge in [-0.2, -0.15) is 0 Å². The number of fused-ring (bicyclic) bond motifs is 3. The van der Waals surface area contributed by atoms with E-state index in [-0.39, 0.29) is 30.8 Å². The quantitative estimate of drug-likeness (QED) is 0.478. The Bertz CT molecular complexity index is 1050. The molecule has 0 radical (unpaired) electrons. The molecule has 0 aromatic heterocycles. The van der Waals surface area contributed by atoms with Crippen LogP contribution in [-0.4, -0.2) is 41.3 Å². The predicted molar refractivity (Wildman–Crippen MR) is 133 cm³/mol. The van der Waals surface area contributed by atoms with Gasteiger partial charge in [-0.15, -0.1) is 0 Å². The van der Waals surface area contributed by atoms with Gasteiger partial charge in [0.2, 0.25) is 5.91 Å². The fraction of sp³-hybridized carbons (Fsp3) is 0.464. The summed E-state index contributed by atoms with van der Waals surface area (Å²) >= 11 is 0. The number of nitrogens with one attached hydrogen (secondary N) is 2. The molecule has 35 heavy (non-hydrogen) atoms. The Morgan fingerprint density at radius 3 is 2.14 bits per heavy atom. The van der Waals surface area contributed by atoms with Crippen LogP contribution in [-0.2, 0) is 14.3 Å². The molecule has 2 aliphatic carbocycles. The van der Waals surface area contributed by atoms with Crippen molar-refractivity contribution < 1.29 is 24.2 Å². The molecule has 2 aromatic rings. The molecular weight excluding hydrogens is 444 g/mol. The summed E-state index contributed by atoms with van der Waals surface area (Å²) in [6.45, 7) is 3.90. The van der Waals surface area contributed by atoms with Crippen molar-refractivity contribution in [3.05, 3.63) is 59.7 Å². The summed E-state index contributed by atoms with van der Waals surface area (Å²) in [5.74, 6) is -1.63. The van der Waals surface area contributed by atoms with E-state index in [4.69, 9.17) is 4.74 Å². The monoisotopic (exact) mass is 478 g/mol.